The number of sulfonamides is 1. The molecule has 0 aliphatic heterocycles. The summed E-state index contributed by atoms with van der Waals surface area (Å²) in [6.07, 6.45) is 1.44. The fraction of sp³-hybridized carbons (Fsp3) is 0.200. The van der Waals surface area contributed by atoms with E-state index in [4.69, 9.17) is 9.47 Å². The SMILES string of the molecule is COc1ccc(S(=O)(=O)N(CC(=O)N/N=C/c2ccccc2OC)Cc2ccccc2)cc1C. The van der Waals surface area contributed by atoms with Crippen molar-refractivity contribution in [2.45, 2.75) is 18.4 Å². The summed E-state index contributed by atoms with van der Waals surface area (Å²) in [5.74, 6) is 0.608. The first-order valence-corrected chi connectivity index (χ1v) is 11.9. The highest BCUT2D eigenvalue weighted by atomic mass is 32.2. The molecule has 0 spiro atoms. The minimum atomic E-state index is -3.98. The van der Waals surface area contributed by atoms with Crippen molar-refractivity contribution in [3.63, 3.8) is 0 Å². The predicted molar refractivity (Wildman–Crippen MR) is 130 cm³/mol. The van der Waals surface area contributed by atoms with Gasteiger partial charge in [0.1, 0.15) is 11.5 Å². The highest BCUT2D eigenvalue weighted by Crippen LogP contribution is 2.24. The van der Waals surface area contributed by atoms with Gasteiger partial charge in [0.15, 0.2) is 0 Å². The molecule has 1 N–H and O–H groups in total. The van der Waals surface area contributed by atoms with Gasteiger partial charge in [-0.2, -0.15) is 9.41 Å². The van der Waals surface area contributed by atoms with Crippen molar-refractivity contribution < 1.29 is 22.7 Å². The van der Waals surface area contributed by atoms with Gasteiger partial charge in [-0.15, -0.1) is 0 Å². The maximum atomic E-state index is 13.5. The molecule has 0 saturated heterocycles. The lowest BCUT2D eigenvalue weighted by Crippen LogP contribution is -2.39. The van der Waals surface area contributed by atoms with Crippen molar-refractivity contribution in [3.05, 3.63) is 89.5 Å². The lowest BCUT2D eigenvalue weighted by atomic mass is 10.2. The first-order valence-electron chi connectivity index (χ1n) is 10.5. The molecule has 0 heterocycles. The van der Waals surface area contributed by atoms with Crippen molar-refractivity contribution in [1.29, 1.82) is 0 Å². The molecule has 0 aromatic heterocycles. The summed E-state index contributed by atoms with van der Waals surface area (Å²) in [6.45, 7) is 1.38. The van der Waals surface area contributed by atoms with Gasteiger partial charge in [-0.25, -0.2) is 13.8 Å². The van der Waals surface area contributed by atoms with Gasteiger partial charge in [0.2, 0.25) is 10.0 Å². The number of benzene rings is 3. The summed E-state index contributed by atoms with van der Waals surface area (Å²) in [6, 6.07) is 20.9. The van der Waals surface area contributed by atoms with E-state index in [1.165, 1.54) is 25.5 Å². The van der Waals surface area contributed by atoms with Crippen LogP contribution in [0.2, 0.25) is 0 Å². The summed E-state index contributed by atoms with van der Waals surface area (Å²) in [4.78, 5) is 12.7. The van der Waals surface area contributed by atoms with Gasteiger partial charge in [-0.05, 0) is 48.4 Å². The molecule has 3 rings (SSSR count). The van der Waals surface area contributed by atoms with Crippen LogP contribution in [0.15, 0.2) is 82.8 Å². The first kappa shape index (κ1) is 24.9. The molecule has 178 valence electrons. The minimum Gasteiger partial charge on any atom is -0.496 e. The number of aryl methyl sites for hydroxylation is 1. The number of para-hydroxylation sites is 1. The van der Waals surface area contributed by atoms with Crippen LogP contribution in [-0.2, 0) is 21.4 Å². The third-order valence-corrected chi connectivity index (χ3v) is 6.85. The van der Waals surface area contributed by atoms with Gasteiger partial charge >= 0.3 is 0 Å². The number of carbonyl (C=O) groups is 1. The Morgan fingerprint density at radius 1 is 0.971 bits per heavy atom. The molecule has 0 aliphatic carbocycles. The molecule has 0 fully saturated rings. The number of hydrogen-bond donors (Lipinski definition) is 1. The molecular weight excluding hydrogens is 454 g/mol. The number of hydrogen-bond acceptors (Lipinski definition) is 6. The zero-order chi connectivity index (χ0) is 24.6. The molecule has 34 heavy (non-hydrogen) atoms. The Hall–Kier alpha value is -3.69. The largest absolute Gasteiger partial charge is 0.496 e. The number of nitrogens with zero attached hydrogens (tertiary/aromatic N) is 2. The monoisotopic (exact) mass is 481 g/mol. The van der Waals surface area contributed by atoms with E-state index in [1.54, 1.807) is 44.4 Å². The molecule has 1 amide bonds. The van der Waals surface area contributed by atoms with Gasteiger partial charge in [-0.3, -0.25) is 4.79 Å². The molecule has 0 saturated carbocycles. The van der Waals surface area contributed by atoms with E-state index in [0.717, 1.165) is 9.87 Å². The fourth-order valence-electron chi connectivity index (χ4n) is 3.32. The summed E-state index contributed by atoms with van der Waals surface area (Å²) >= 11 is 0. The minimum absolute atomic E-state index is 0.0257. The van der Waals surface area contributed by atoms with E-state index in [0.29, 0.717) is 22.6 Å². The normalized spacial score (nSPS) is 11.5. The quantitative estimate of drug-likeness (QED) is 0.354. The molecule has 3 aromatic carbocycles. The van der Waals surface area contributed by atoms with Crippen LogP contribution in [-0.4, -0.2) is 45.6 Å². The third kappa shape index (κ3) is 6.21. The van der Waals surface area contributed by atoms with E-state index in [9.17, 15) is 13.2 Å². The highest BCUT2D eigenvalue weighted by Gasteiger charge is 2.27. The van der Waals surface area contributed by atoms with Crippen LogP contribution in [0.25, 0.3) is 0 Å². The molecule has 8 nitrogen and oxygen atoms in total. The van der Waals surface area contributed by atoms with Crippen LogP contribution in [0, 0.1) is 6.92 Å². The second-order valence-electron chi connectivity index (χ2n) is 7.43. The average Bonchev–Trinajstić information content (AvgIpc) is 2.84. The number of rotatable bonds is 10. The van der Waals surface area contributed by atoms with Gasteiger partial charge < -0.3 is 9.47 Å². The van der Waals surface area contributed by atoms with Crippen molar-refractivity contribution in [2.75, 3.05) is 20.8 Å². The molecule has 0 bridgehead atoms. The van der Waals surface area contributed by atoms with Gasteiger partial charge in [-0.1, -0.05) is 42.5 Å². The maximum Gasteiger partial charge on any atom is 0.255 e. The molecule has 9 heteroatoms. The van der Waals surface area contributed by atoms with E-state index in [-0.39, 0.29) is 11.4 Å². The van der Waals surface area contributed by atoms with Gasteiger partial charge in [0.05, 0.1) is 31.9 Å². The van der Waals surface area contributed by atoms with E-state index in [2.05, 4.69) is 10.5 Å². The number of methoxy groups -OCH3 is 2. The molecular formula is C25H27N3O5S. The number of amides is 1. The Bertz CT molecular complexity index is 1260. The van der Waals surface area contributed by atoms with E-state index < -0.39 is 22.5 Å². The standard InChI is InChI=1S/C25H27N3O5S/c1-19-15-22(13-14-23(19)32-2)34(30,31)28(17-20-9-5-4-6-10-20)18-25(29)27-26-16-21-11-7-8-12-24(21)33-3/h4-16H,17-18H2,1-3H3,(H,27,29)/b26-16+. The molecule has 0 aliphatic rings. The molecule has 0 unspecified atom stereocenters. The van der Waals surface area contributed by atoms with Crippen LogP contribution in [0.3, 0.4) is 0 Å². The zero-order valence-electron chi connectivity index (χ0n) is 19.3. The van der Waals surface area contributed by atoms with Crippen molar-refractivity contribution in [3.8, 4) is 11.5 Å². The summed E-state index contributed by atoms with van der Waals surface area (Å²) in [5, 5.41) is 3.96. The third-order valence-electron chi connectivity index (χ3n) is 5.06. The first-order chi connectivity index (χ1) is 16.3. The Morgan fingerprint density at radius 2 is 1.65 bits per heavy atom. The predicted octanol–water partition coefficient (Wildman–Crippen LogP) is 3.35. The number of nitrogens with one attached hydrogen (secondary N) is 1. The van der Waals surface area contributed by atoms with Gasteiger partial charge in [0.25, 0.3) is 5.91 Å². The topological polar surface area (TPSA) is 97.3 Å². The number of ether oxygens (including phenoxy) is 2. The lowest BCUT2D eigenvalue weighted by molar-refractivity contribution is -0.121. The van der Waals surface area contributed by atoms with Crippen LogP contribution in [0.4, 0.5) is 0 Å². The highest BCUT2D eigenvalue weighted by molar-refractivity contribution is 7.89. The van der Waals surface area contributed by atoms with E-state index >= 15 is 0 Å². The Balaban J connectivity index is 1.82. The number of hydrazone groups is 1. The fourth-order valence-corrected chi connectivity index (χ4v) is 4.79. The summed E-state index contributed by atoms with van der Waals surface area (Å²) in [5.41, 5.74) is 4.50. The Morgan fingerprint density at radius 3 is 2.32 bits per heavy atom. The average molecular weight is 482 g/mol. The van der Waals surface area contributed by atoms with Crippen LogP contribution < -0.4 is 14.9 Å². The van der Waals surface area contributed by atoms with Crippen molar-refractivity contribution in [2.24, 2.45) is 5.10 Å². The zero-order valence-corrected chi connectivity index (χ0v) is 20.1. The van der Waals surface area contributed by atoms with Crippen LogP contribution >= 0.6 is 0 Å². The molecule has 3 aromatic rings. The van der Waals surface area contributed by atoms with Gasteiger partial charge in [0, 0.05) is 12.1 Å². The summed E-state index contributed by atoms with van der Waals surface area (Å²) < 4.78 is 38.5. The maximum absolute atomic E-state index is 13.5. The Kier molecular flexibility index (Phi) is 8.39. The van der Waals surface area contributed by atoms with Crippen molar-refractivity contribution >= 4 is 22.1 Å². The van der Waals surface area contributed by atoms with Crippen LogP contribution in [0.5, 0.6) is 11.5 Å². The van der Waals surface area contributed by atoms with Crippen LogP contribution in [0.1, 0.15) is 16.7 Å². The Labute approximate surface area is 199 Å². The second-order valence-corrected chi connectivity index (χ2v) is 9.36. The van der Waals surface area contributed by atoms with E-state index in [1.807, 2.05) is 30.3 Å². The molecule has 0 radical (unpaired) electrons. The van der Waals surface area contributed by atoms with Crippen molar-refractivity contribution in [1.82, 2.24) is 9.73 Å². The summed E-state index contributed by atoms with van der Waals surface area (Å²) in [7, 11) is -0.923. The number of carbonyl (C=O) groups excluding carboxylic acids is 1. The smallest absolute Gasteiger partial charge is 0.255 e. The second kappa shape index (κ2) is 11.4. The molecule has 0 atom stereocenters. The lowest BCUT2D eigenvalue weighted by Gasteiger charge is -2.22.